The van der Waals surface area contributed by atoms with E-state index in [1.54, 1.807) is 7.11 Å². The maximum atomic E-state index is 5.04. The largest absolute Gasteiger partial charge is 0.385 e. The Morgan fingerprint density at radius 3 is 2.69 bits per heavy atom. The minimum absolute atomic E-state index is 0.790. The predicted octanol–water partition coefficient (Wildman–Crippen LogP) is 0.707. The summed E-state index contributed by atoms with van der Waals surface area (Å²) >= 11 is 0. The molecule has 0 amide bonds. The Bertz CT molecular complexity index is 124. The Kier molecular flexibility index (Phi) is 5.35. The molecule has 0 aromatic rings. The second kappa shape index (κ2) is 6.35. The van der Waals surface area contributed by atoms with Crippen molar-refractivity contribution in [1.29, 1.82) is 0 Å². The van der Waals surface area contributed by atoms with Crippen LogP contribution in [0.4, 0.5) is 0 Å². The lowest BCUT2D eigenvalue weighted by atomic mass is 10.1. The number of hydrogen-bond acceptors (Lipinski definition) is 3. The van der Waals surface area contributed by atoms with E-state index in [9.17, 15) is 0 Å². The summed E-state index contributed by atoms with van der Waals surface area (Å²) in [5, 5.41) is 3.39. The highest BCUT2D eigenvalue weighted by Gasteiger charge is 2.16. The van der Waals surface area contributed by atoms with Crippen molar-refractivity contribution in [2.24, 2.45) is 0 Å². The van der Waals surface area contributed by atoms with E-state index in [0.717, 1.165) is 19.1 Å². The normalized spacial score (nSPS) is 19.6. The molecular formula is C10H22N2O. The van der Waals surface area contributed by atoms with E-state index in [1.807, 2.05) is 0 Å². The highest BCUT2D eigenvalue weighted by Crippen LogP contribution is 2.09. The first-order valence-electron chi connectivity index (χ1n) is 5.24. The monoisotopic (exact) mass is 186 g/mol. The van der Waals surface area contributed by atoms with Crippen LogP contribution < -0.4 is 5.32 Å². The molecule has 1 aliphatic rings. The number of rotatable bonds is 5. The fourth-order valence-corrected chi connectivity index (χ4v) is 1.89. The van der Waals surface area contributed by atoms with Crippen LogP contribution in [0, 0.1) is 0 Å². The Morgan fingerprint density at radius 1 is 1.38 bits per heavy atom. The van der Waals surface area contributed by atoms with E-state index in [4.69, 9.17) is 4.74 Å². The summed E-state index contributed by atoms with van der Waals surface area (Å²) in [6.45, 7) is 4.41. The molecule has 13 heavy (non-hydrogen) atoms. The topological polar surface area (TPSA) is 24.5 Å². The van der Waals surface area contributed by atoms with E-state index in [-0.39, 0.29) is 0 Å². The van der Waals surface area contributed by atoms with Gasteiger partial charge in [0.05, 0.1) is 0 Å². The fraction of sp³-hybridized carbons (Fsp3) is 1.00. The first-order valence-corrected chi connectivity index (χ1v) is 5.24. The molecule has 0 saturated carbocycles. The van der Waals surface area contributed by atoms with E-state index < -0.39 is 0 Å². The second-order valence-corrected chi connectivity index (χ2v) is 3.81. The lowest BCUT2D eigenvalue weighted by Gasteiger charge is -2.31. The summed E-state index contributed by atoms with van der Waals surface area (Å²) in [4.78, 5) is 2.47. The molecule has 1 heterocycles. The maximum Gasteiger partial charge on any atom is 0.0474 e. The summed E-state index contributed by atoms with van der Waals surface area (Å²) in [5.41, 5.74) is 0. The van der Waals surface area contributed by atoms with E-state index in [2.05, 4.69) is 17.3 Å². The number of ether oxygens (including phenoxy) is 1. The van der Waals surface area contributed by atoms with Crippen molar-refractivity contribution >= 4 is 0 Å². The van der Waals surface area contributed by atoms with Gasteiger partial charge in [-0.25, -0.2) is 0 Å². The smallest absolute Gasteiger partial charge is 0.0474 e. The van der Waals surface area contributed by atoms with Crippen molar-refractivity contribution in [3.05, 3.63) is 0 Å². The lowest BCUT2D eigenvalue weighted by Crippen LogP contribution is -2.41. The molecule has 0 bridgehead atoms. The van der Waals surface area contributed by atoms with Gasteiger partial charge in [0.25, 0.3) is 0 Å². The van der Waals surface area contributed by atoms with Crippen LogP contribution in [-0.2, 0) is 4.74 Å². The standard InChI is InChI=1S/C10H22N2O/c1-12(8-3-9-13-2)10-4-6-11-7-5-10/h10-11H,3-9H2,1-2H3. The van der Waals surface area contributed by atoms with Crippen molar-refractivity contribution in [1.82, 2.24) is 10.2 Å². The molecule has 1 N–H and O–H groups in total. The molecule has 3 nitrogen and oxygen atoms in total. The van der Waals surface area contributed by atoms with Crippen LogP contribution in [0.15, 0.2) is 0 Å². The van der Waals surface area contributed by atoms with Crippen LogP contribution in [-0.4, -0.2) is 51.3 Å². The molecule has 0 atom stereocenters. The molecule has 0 spiro atoms. The zero-order chi connectivity index (χ0) is 9.52. The van der Waals surface area contributed by atoms with Crippen molar-refractivity contribution < 1.29 is 4.74 Å². The van der Waals surface area contributed by atoms with Gasteiger partial charge in [-0.2, -0.15) is 0 Å². The van der Waals surface area contributed by atoms with Crippen molar-refractivity contribution in [2.45, 2.75) is 25.3 Å². The van der Waals surface area contributed by atoms with Crippen molar-refractivity contribution in [3.63, 3.8) is 0 Å². The van der Waals surface area contributed by atoms with E-state index in [1.165, 1.54) is 32.5 Å². The molecule has 1 rings (SSSR count). The van der Waals surface area contributed by atoms with E-state index in [0.29, 0.717) is 0 Å². The van der Waals surface area contributed by atoms with Crippen LogP contribution in [0.5, 0.6) is 0 Å². The summed E-state index contributed by atoms with van der Waals surface area (Å²) in [6, 6.07) is 0.790. The van der Waals surface area contributed by atoms with Crippen molar-refractivity contribution in [2.75, 3.05) is 40.4 Å². The first-order chi connectivity index (χ1) is 6.34. The second-order valence-electron chi connectivity index (χ2n) is 3.81. The van der Waals surface area contributed by atoms with Gasteiger partial charge in [-0.15, -0.1) is 0 Å². The molecule has 3 heteroatoms. The van der Waals surface area contributed by atoms with Gasteiger partial charge in [0.15, 0.2) is 0 Å². The van der Waals surface area contributed by atoms with Gasteiger partial charge in [0.2, 0.25) is 0 Å². The highest BCUT2D eigenvalue weighted by atomic mass is 16.5. The van der Waals surface area contributed by atoms with Gasteiger partial charge in [-0.05, 0) is 39.4 Å². The summed E-state index contributed by atoms with van der Waals surface area (Å²) in [5.74, 6) is 0. The van der Waals surface area contributed by atoms with Crippen molar-refractivity contribution in [3.8, 4) is 0 Å². The average molecular weight is 186 g/mol. The van der Waals surface area contributed by atoms with Gasteiger partial charge in [0.1, 0.15) is 0 Å². The SMILES string of the molecule is COCCCN(C)C1CCNCC1. The van der Waals surface area contributed by atoms with E-state index >= 15 is 0 Å². The molecule has 0 radical (unpaired) electrons. The predicted molar refractivity (Wildman–Crippen MR) is 55.0 cm³/mol. The molecule has 0 unspecified atom stereocenters. The molecule has 78 valence electrons. The third kappa shape index (κ3) is 4.07. The molecular weight excluding hydrogens is 164 g/mol. The van der Waals surface area contributed by atoms with Gasteiger partial charge in [-0.1, -0.05) is 0 Å². The van der Waals surface area contributed by atoms with Gasteiger partial charge >= 0.3 is 0 Å². The van der Waals surface area contributed by atoms with Crippen LogP contribution in [0.1, 0.15) is 19.3 Å². The minimum atomic E-state index is 0.790. The third-order valence-electron chi connectivity index (χ3n) is 2.79. The lowest BCUT2D eigenvalue weighted by molar-refractivity contribution is 0.153. The summed E-state index contributed by atoms with van der Waals surface area (Å²) in [7, 11) is 4.00. The Morgan fingerprint density at radius 2 is 2.08 bits per heavy atom. The highest BCUT2D eigenvalue weighted by molar-refractivity contribution is 4.75. The number of nitrogens with zero attached hydrogens (tertiary/aromatic N) is 1. The summed E-state index contributed by atoms with van der Waals surface area (Å²) in [6.07, 6.45) is 3.74. The maximum absolute atomic E-state index is 5.04. The first kappa shape index (κ1) is 11.0. The van der Waals surface area contributed by atoms with Crippen LogP contribution >= 0.6 is 0 Å². The van der Waals surface area contributed by atoms with Gasteiger partial charge in [0, 0.05) is 26.3 Å². The molecule has 0 aromatic carbocycles. The molecule has 1 aliphatic heterocycles. The Hall–Kier alpha value is -0.120. The Labute approximate surface area is 81.4 Å². The average Bonchev–Trinajstić information content (AvgIpc) is 2.19. The number of nitrogens with one attached hydrogen (secondary N) is 1. The molecule has 1 saturated heterocycles. The van der Waals surface area contributed by atoms with Gasteiger partial charge in [-0.3, -0.25) is 0 Å². The van der Waals surface area contributed by atoms with Crippen LogP contribution in [0.3, 0.4) is 0 Å². The van der Waals surface area contributed by atoms with Crippen LogP contribution in [0.25, 0.3) is 0 Å². The number of hydrogen-bond donors (Lipinski definition) is 1. The van der Waals surface area contributed by atoms with Crippen LogP contribution in [0.2, 0.25) is 0 Å². The Balaban J connectivity index is 2.09. The fourth-order valence-electron chi connectivity index (χ4n) is 1.89. The zero-order valence-corrected chi connectivity index (χ0v) is 8.88. The molecule has 0 aliphatic carbocycles. The molecule has 1 fully saturated rings. The number of piperidine rings is 1. The zero-order valence-electron chi connectivity index (χ0n) is 8.88. The third-order valence-corrected chi connectivity index (χ3v) is 2.79. The van der Waals surface area contributed by atoms with Gasteiger partial charge < -0.3 is 15.0 Å². The quantitative estimate of drug-likeness (QED) is 0.640. The molecule has 0 aromatic heterocycles. The minimum Gasteiger partial charge on any atom is -0.385 e. The number of methoxy groups -OCH3 is 1. The summed E-state index contributed by atoms with van der Waals surface area (Å²) < 4.78 is 5.04.